The zero-order valence-corrected chi connectivity index (χ0v) is 16.4. The van der Waals surface area contributed by atoms with Crippen molar-refractivity contribution < 1.29 is 8.42 Å². The monoisotopic (exact) mass is 387 g/mol. The van der Waals surface area contributed by atoms with Gasteiger partial charge < -0.3 is 0 Å². The molecule has 3 rings (SSSR count). The van der Waals surface area contributed by atoms with E-state index in [9.17, 15) is 8.42 Å². The van der Waals surface area contributed by atoms with Gasteiger partial charge in [0.05, 0.1) is 11.4 Å². The maximum Gasteiger partial charge on any atom is 0.215 e. The number of pyridine rings is 1. The van der Waals surface area contributed by atoms with Crippen molar-refractivity contribution in [2.24, 2.45) is 0 Å². The molecule has 0 unspecified atom stereocenters. The van der Waals surface area contributed by atoms with Gasteiger partial charge in [-0.3, -0.25) is 4.98 Å². The summed E-state index contributed by atoms with van der Waals surface area (Å²) in [4.78, 5) is 9.78. The lowest BCUT2D eigenvalue weighted by atomic mass is 10.2. The van der Waals surface area contributed by atoms with Crippen molar-refractivity contribution in [2.75, 3.05) is 6.54 Å². The second kappa shape index (κ2) is 8.07. The third-order valence-corrected chi connectivity index (χ3v) is 6.54. The summed E-state index contributed by atoms with van der Waals surface area (Å²) < 4.78 is 27.3. The number of hydrogen-bond donors (Lipinski definition) is 1. The van der Waals surface area contributed by atoms with Crippen LogP contribution >= 0.6 is 11.3 Å². The number of aromatic nitrogens is 2. The fraction of sp³-hybridized carbons (Fsp3) is 0.263. The van der Waals surface area contributed by atoms with E-state index in [4.69, 9.17) is 0 Å². The molecule has 26 heavy (non-hydrogen) atoms. The molecule has 1 aromatic carbocycles. The molecule has 0 amide bonds. The van der Waals surface area contributed by atoms with E-state index in [1.807, 2.05) is 50.2 Å². The van der Waals surface area contributed by atoms with Crippen molar-refractivity contribution in [3.8, 4) is 10.6 Å². The van der Waals surface area contributed by atoms with Gasteiger partial charge in [-0.1, -0.05) is 29.8 Å². The third-order valence-electron chi connectivity index (χ3n) is 3.91. The summed E-state index contributed by atoms with van der Waals surface area (Å²) in [5.41, 5.74) is 3.77. The van der Waals surface area contributed by atoms with Crippen LogP contribution in [0, 0.1) is 13.8 Å². The lowest BCUT2D eigenvalue weighted by Gasteiger charge is -2.07. The molecule has 0 radical (unpaired) electrons. The third kappa shape index (κ3) is 4.97. The summed E-state index contributed by atoms with van der Waals surface area (Å²) >= 11 is 1.58. The van der Waals surface area contributed by atoms with Gasteiger partial charge in [-0.25, -0.2) is 18.1 Å². The summed E-state index contributed by atoms with van der Waals surface area (Å²) in [6, 6.07) is 11.4. The van der Waals surface area contributed by atoms with Crippen LogP contribution in [0.2, 0.25) is 0 Å². The number of sulfonamides is 1. The van der Waals surface area contributed by atoms with Crippen LogP contribution in [-0.4, -0.2) is 24.9 Å². The minimum Gasteiger partial charge on any atom is -0.264 e. The molecular formula is C19H21N3O2S2. The quantitative estimate of drug-likeness (QED) is 0.674. The molecule has 0 aliphatic carbocycles. The van der Waals surface area contributed by atoms with Crippen molar-refractivity contribution >= 4 is 21.4 Å². The van der Waals surface area contributed by atoms with Gasteiger partial charge in [-0.2, -0.15) is 0 Å². The molecule has 3 aromatic rings. The second-order valence-corrected chi connectivity index (χ2v) is 9.05. The van der Waals surface area contributed by atoms with Crippen LogP contribution in [0.5, 0.6) is 0 Å². The van der Waals surface area contributed by atoms with Crippen molar-refractivity contribution in [1.82, 2.24) is 14.7 Å². The van der Waals surface area contributed by atoms with Crippen molar-refractivity contribution in [3.63, 3.8) is 0 Å². The first-order chi connectivity index (χ1) is 12.4. The number of nitrogens with zero attached hydrogens (tertiary/aromatic N) is 2. The Labute approximate surface area is 158 Å². The van der Waals surface area contributed by atoms with Crippen molar-refractivity contribution in [3.05, 3.63) is 70.5 Å². The van der Waals surface area contributed by atoms with Crippen LogP contribution in [0.3, 0.4) is 0 Å². The molecule has 136 valence electrons. The maximum atomic E-state index is 12.3. The fourth-order valence-electron chi connectivity index (χ4n) is 2.67. The number of aryl methyl sites for hydroxylation is 2. The van der Waals surface area contributed by atoms with Gasteiger partial charge in [0.25, 0.3) is 0 Å². The van der Waals surface area contributed by atoms with E-state index in [0.29, 0.717) is 13.0 Å². The van der Waals surface area contributed by atoms with Crippen LogP contribution in [0.15, 0.2) is 48.8 Å². The topological polar surface area (TPSA) is 72.0 Å². The van der Waals surface area contributed by atoms with Gasteiger partial charge in [0.2, 0.25) is 10.0 Å². The Kier molecular flexibility index (Phi) is 5.80. The lowest BCUT2D eigenvalue weighted by molar-refractivity contribution is 0.581. The molecule has 2 heterocycles. The van der Waals surface area contributed by atoms with Crippen LogP contribution < -0.4 is 4.72 Å². The first-order valence-corrected chi connectivity index (χ1v) is 10.8. The Morgan fingerprint density at radius 1 is 1.15 bits per heavy atom. The Hall–Kier alpha value is -2.09. The summed E-state index contributed by atoms with van der Waals surface area (Å²) in [5.74, 6) is -0.00269. The molecule has 0 bridgehead atoms. The first kappa shape index (κ1) is 18.7. The van der Waals surface area contributed by atoms with Crippen LogP contribution in [-0.2, 0) is 22.2 Å². The molecule has 0 saturated heterocycles. The highest BCUT2D eigenvalue weighted by Gasteiger charge is 2.13. The van der Waals surface area contributed by atoms with E-state index in [1.165, 1.54) is 0 Å². The number of benzene rings is 1. The highest BCUT2D eigenvalue weighted by Crippen LogP contribution is 2.27. The average Bonchev–Trinajstić information content (AvgIpc) is 2.96. The van der Waals surface area contributed by atoms with Gasteiger partial charge in [-0.15, -0.1) is 11.3 Å². The number of hydrogen-bond acceptors (Lipinski definition) is 5. The fourth-order valence-corrected chi connectivity index (χ4v) is 4.85. The number of thiazole rings is 1. The summed E-state index contributed by atoms with van der Waals surface area (Å²) in [5, 5.41) is 0.910. The van der Waals surface area contributed by atoms with E-state index in [0.717, 1.165) is 32.3 Å². The second-order valence-electron chi connectivity index (χ2n) is 6.16. The van der Waals surface area contributed by atoms with Gasteiger partial charge in [0.15, 0.2) is 0 Å². The first-order valence-electron chi connectivity index (χ1n) is 8.32. The minimum absolute atomic E-state index is 0.00269. The van der Waals surface area contributed by atoms with Crippen LogP contribution in [0.4, 0.5) is 0 Å². The molecule has 0 saturated carbocycles. The van der Waals surface area contributed by atoms with Crippen LogP contribution in [0.25, 0.3) is 10.6 Å². The molecule has 0 fully saturated rings. The number of rotatable bonds is 7. The molecule has 0 aliphatic heterocycles. The van der Waals surface area contributed by atoms with Crippen molar-refractivity contribution in [2.45, 2.75) is 26.0 Å². The normalized spacial score (nSPS) is 11.6. The lowest BCUT2D eigenvalue weighted by Crippen LogP contribution is -2.27. The molecule has 1 N–H and O–H groups in total. The highest BCUT2D eigenvalue weighted by molar-refractivity contribution is 7.88. The largest absolute Gasteiger partial charge is 0.264 e. The van der Waals surface area contributed by atoms with E-state index in [1.54, 1.807) is 23.7 Å². The predicted octanol–water partition coefficient (Wildman–Crippen LogP) is 3.48. The smallest absolute Gasteiger partial charge is 0.215 e. The Balaban J connectivity index is 1.60. The van der Waals surface area contributed by atoms with Gasteiger partial charge in [-0.05, 0) is 38.0 Å². The van der Waals surface area contributed by atoms with E-state index in [-0.39, 0.29) is 5.75 Å². The maximum absolute atomic E-state index is 12.3. The van der Waals surface area contributed by atoms with E-state index in [2.05, 4.69) is 14.7 Å². The van der Waals surface area contributed by atoms with Crippen molar-refractivity contribution in [1.29, 1.82) is 0 Å². The molecule has 7 heteroatoms. The SMILES string of the molecule is Cc1cccc(CS(=O)(=O)NCCc2sc(-c3cccnc3)nc2C)c1. The molecular weight excluding hydrogens is 366 g/mol. The molecule has 0 atom stereocenters. The van der Waals surface area contributed by atoms with Gasteiger partial charge >= 0.3 is 0 Å². The summed E-state index contributed by atoms with van der Waals surface area (Å²) in [7, 11) is -3.36. The summed E-state index contributed by atoms with van der Waals surface area (Å²) in [6.07, 6.45) is 4.14. The average molecular weight is 388 g/mol. The predicted molar refractivity (Wildman–Crippen MR) is 106 cm³/mol. The minimum atomic E-state index is -3.36. The number of nitrogens with one attached hydrogen (secondary N) is 1. The van der Waals surface area contributed by atoms with E-state index < -0.39 is 10.0 Å². The Morgan fingerprint density at radius 3 is 2.73 bits per heavy atom. The zero-order chi connectivity index (χ0) is 18.6. The van der Waals surface area contributed by atoms with E-state index >= 15 is 0 Å². The molecule has 2 aromatic heterocycles. The Morgan fingerprint density at radius 2 is 2.00 bits per heavy atom. The molecule has 5 nitrogen and oxygen atoms in total. The highest BCUT2D eigenvalue weighted by atomic mass is 32.2. The molecule has 0 spiro atoms. The van der Waals surface area contributed by atoms with Gasteiger partial charge in [0, 0.05) is 29.4 Å². The standard InChI is InChI=1S/C19H21N3O2S2/c1-14-5-3-6-16(11-14)13-26(23,24)21-10-8-18-15(2)22-19(25-18)17-7-4-9-20-12-17/h3-7,9,11-12,21H,8,10,13H2,1-2H3. The molecule has 0 aliphatic rings. The van der Waals surface area contributed by atoms with Gasteiger partial charge in [0.1, 0.15) is 5.01 Å². The summed E-state index contributed by atoms with van der Waals surface area (Å²) in [6.45, 7) is 4.27. The Bertz CT molecular complexity index is 983. The van der Waals surface area contributed by atoms with Crippen LogP contribution in [0.1, 0.15) is 21.7 Å². The zero-order valence-electron chi connectivity index (χ0n) is 14.8.